The summed E-state index contributed by atoms with van der Waals surface area (Å²) in [7, 11) is 1.70. The highest BCUT2D eigenvalue weighted by Gasteiger charge is 2.14. The number of nitrogens with zero attached hydrogens (tertiary/aromatic N) is 2. The lowest BCUT2D eigenvalue weighted by Crippen LogP contribution is -2.14. The zero-order valence-electron chi connectivity index (χ0n) is 9.14. The number of rotatable bonds is 2. The summed E-state index contributed by atoms with van der Waals surface area (Å²) in [5.74, 6) is -0.379. The average Bonchev–Trinajstić information content (AvgIpc) is 2.61. The number of aryl methyl sites for hydroxylation is 1. The molecule has 0 radical (unpaired) electrons. The largest absolute Gasteiger partial charge is 0.396 e. The van der Waals surface area contributed by atoms with Crippen LogP contribution in [0.25, 0.3) is 0 Å². The number of hydrogen-bond donors (Lipinski definition) is 2. The molecule has 0 saturated heterocycles. The number of nitrogens with two attached hydrogens (primary N) is 1. The van der Waals surface area contributed by atoms with Crippen LogP contribution in [0, 0.1) is 0 Å². The molecule has 0 unspecified atom stereocenters. The molecule has 0 aliphatic carbocycles. The van der Waals surface area contributed by atoms with Gasteiger partial charge in [0.2, 0.25) is 0 Å². The van der Waals surface area contributed by atoms with Crippen molar-refractivity contribution in [1.82, 2.24) is 9.78 Å². The van der Waals surface area contributed by atoms with Crippen LogP contribution >= 0.6 is 11.6 Å². The lowest BCUT2D eigenvalue weighted by atomic mass is 10.3. The normalized spacial score (nSPS) is 10.2. The Labute approximate surface area is 103 Å². The molecule has 17 heavy (non-hydrogen) atoms. The Morgan fingerprint density at radius 1 is 1.47 bits per heavy atom. The van der Waals surface area contributed by atoms with Crippen LogP contribution in [0.2, 0.25) is 5.02 Å². The van der Waals surface area contributed by atoms with Crippen molar-refractivity contribution in [2.45, 2.75) is 0 Å². The molecule has 5 nitrogen and oxygen atoms in total. The van der Waals surface area contributed by atoms with Crippen molar-refractivity contribution < 1.29 is 4.79 Å². The van der Waals surface area contributed by atoms with Crippen molar-refractivity contribution in [2.75, 3.05) is 11.1 Å². The number of anilines is 2. The molecular weight excluding hydrogens is 240 g/mol. The lowest BCUT2D eigenvalue weighted by Gasteiger charge is -2.05. The molecule has 0 saturated carbocycles. The molecule has 0 fully saturated rings. The minimum Gasteiger partial charge on any atom is -0.396 e. The molecular formula is C11H11ClN4O. The number of nitrogens with one attached hydrogen (secondary N) is 1. The Balaban J connectivity index is 2.23. The van der Waals surface area contributed by atoms with Crippen LogP contribution < -0.4 is 11.1 Å². The summed E-state index contributed by atoms with van der Waals surface area (Å²) in [4.78, 5) is 11.9. The molecule has 0 bridgehead atoms. The fourth-order valence-electron chi connectivity index (χ4n) is 1.43. The Kier molecular flexibility index (Phi) is 3.01. The first-order valence-corrected chi connectivity index (χ1v) is 5.30. The van der Waals surface area contributed by atoms with E-state index in [1.807, 2.05) is 0 Å². The molecule has 1 aromatic carbocycles. The number of hydrogen-bond acceptors (Lipinski definition) is 3. The summed E-state index contributed by atoms with van der Waals surface area (Å²) in [6.45, 7) is 0. The molecule has 2 aromatic rings. The Morgan fingerprint density at radius 2 is 2.18 bits per heavy atom. The van der Waals surface area contributed by atoms with Gasteiger partial charge < -0.3 is 11.1 Å². The molecule has 0 atom stereocenters. The number of para-hydroxylation sites is 1. The van der Waals surface area contributed by atoms with Gasteiger partial charge in [-0.1, -0.05) is 23.7 Å². The summed E-state index contributed by atoms with van der Waals surface area (Å²) >= 11 is 5.93. The van der Waals surface area contributed by atoms with Gasteiger partial charge in [-0.25, -0.2) is 0 Å². The van der Waals surface area contributed by atoms with Crippen LogP contribution in [0.1, 0.15) is 10.5 Å². The van der Waals surface area contributed by atoms with Crippen LogP contribution in [0.4, 0.5) is 11.4 Å². The Morgan fingerprint density at radius 3 is 2.76 bits per heavy atom. The smallest absolute Gasteiger partial charge is 0.278 e. The van der Waals surface area contributed by atoms with E-state index < -0.39 is 0 Å². The molecule has 1 heterocycles. The Hall–Kier alpha value is -2.01. The molecule has 3 N–H and O–H groups in total. The zero-order chi connectivity index (χ0) is 12.4. The number of nitrogen functional groups attached to an aromatic ring is 1. The molecule has 88 valence electrons. The Bertz CT molecular complexity index is 564. The number of aromatic nitrogens is 2. The van der Waals surface area contributed by atoms with Crippen LogP contribution in [0.5, 0.6) is 0 Å². The van der Waals surface area contributed by atoms with E-state index in [4.69, 9.17) is 17.3 Å². The van der Waals surface area contributed by atoms with Gasteiger partial charge in [0.1, 0.15) is 0 Å². The maximum Gasteiger partial charge on any atom is 0.278 e. The van der Waals surface area contributed by atoms with Crippen molar-refractivity contribution >= 4 is 28.9 Å². The highest BCUT2D eigenvalue weighted by molar-refractivity contribution is 6.33. The number of benzene rings is 1. The van der Waals surface area contributed by atoms with Gasteiger partial charge in [0, 0.05) is 13.2 Å². The summed E-state index contributed by atoms with van der Waals surface area (Å²) in [6.07, 6.45) is 1.57. The van der Waals surface area contributed by atoms with Crippen molar-refractivity contribution in [3.63, 3.8) is 0 Å². The summed E-state index contributed by atoms with van der Waals surface area (Å²) in [5.41, 5.74) is 6.71. The van der Waals surface area contributed by atoms with Gasteiger partial charge in [-0.15, -0.1) is 0 Å². The fraction of sp³-hybridized carbons (Fsp3) is 0.0909. The number of halogens is 1. The van der Waals surface area contributed by atoms with Crippen molar-refractivity contribution in [2.24, 2.45) is 7.05 Å². The van der Waals surface area contributed by atoms with Gasteiger partial charge >= 0.3 is 0 Å². The van der Waals surface area contributed by atoms with Gasteiger partial charge in [0.25, 0.3) is 5.91 Å². The second-order valence-electron chi connectivity index (χ2n) is 3.54. The summed E-state index contributed by atoms with van der Waals surface area (Å²) in [5, 5.41) is 7.09. The number of amides is 1. The monoisotopic (exact) mass is 250 g/mol. The second-order valence-corrected chi connectivity index (χ2v) is 3.95. The van der Waals surface area contributed by atoms with E-state index in [2.05, 4.69) is 10.4 Å². The van der Waals surface area contributed by atoms with Gasteiger partial charge in [-0.05, 0) is 12.1 Å². The maximum absolute atomic E-state index is 11.9. The van der Waals surface area contributed by atoms with E-state index in [-0.39, 0.29) is 11.6 Å². The van der Waals surface area contributed by atoms with Crippen molar-refractivity contribution in [1.29, 1.82) is 0 Å². The van der Waals surface area contributed by atoms with Crippen LogP contribution in [-0.2, 0) is 7.05 Å². The molecule has 1 aromatic heterocycles. The first-order valence-electron chi connectivity index (χ1n) is 4.93. The minimum absolute atomic E-state index is 0.187. The molecule has 0 aliphatic heterocycles. The second kappa shape index (κ2) is 4.47. The molecule has 0 aliphatic rings. The van der Waals surface area contributed by atoms with Crippen molar-refractivity contribution in [3.8, 4) is 0 Å². The minimum atomic E-state index is -0.379. The van der Waals surface area contributed by atoms with E-state index in [1.54, 1.807) is 37.5 Å². The predicted molar refractivity (Wildman–Crippen MR) is 67.0 cm³/mol. The highest BCUT2D eigenvalue weighted by Crippen LogP contribution is 2.21. The number of carbonyl (C=O) groups excluding carboxylic acids is 1. The summed E-state index contributed by atoms with van der Waals surface area (Å²) < 4.78 is 1.48. The van der Waals surface area contributed by atoms with Gasteiger partial charge in [0.15, 0.2) is 5.69 Å². The highest BCUT2D eigenvalue weighted by atomic mass is 35.5. The van der Waals surface area contributed by atoms with E-state index in [0.717, 1.165) is 0 Å². The quantitative estimate of drug-likeness (QED) is 0.855. The van der Waals surface area contributed by atoms with Gasteiger partial charge in [-0.3, -0.25) is 9.48 Å². The van der Waals surface area contributed by atoms with E-state index in [9.17, 15) is 4.79 Å². The van der Waals surface area contributed by atoms with E-state index >= 15 is 0 Å². The van der Waals surface area contributed by atoms with Gasteiger partial charge in [0.05, 0.1) is 16.4 Å². The van der Waals surface area contributed by atoms with E-state index in [1.165, 1.54) is 4.68 Å². The lowest BCUT2D eigenvalue weighted by molar-refractivity contribution is 0.102. The van der Waals surface area contributed by atoms with Crippen molar-refractivity contribution in [3.05, 3.63) is 41.2 Å². The third-order valence-corrected chi connectivity index (χ3v) is 2.52. The first kappa shape index (κ1) is 11.5. The standard InChI is InChI=1S/C11H11ClN4O/c1-16-6-8(13)10(15-16)11(17)14-9-5-3-2-4-7(9)12/h2-6H,13H2,1H3,(H,14,17). The molecule has 0 spiro atoms. The predicted octanol–water partition coefficient (Wildman–Crippen LogP) is 1.91. The average molecular weight is 251 g/mol. The maximum atomic E-state index is 11.9. The molecule has 6 heteroatoms. The summed E-state index contributed by atoms with van der Waals surface area (Å²) in [6, 6.07) is 6.97. The number of carbonyl (C=O) groups is 1. The van der Waals surface area contributed by atoms with Crippen LogP contribution in [0.15, 0.2) is 30.5 Å². The third-order valence-electron chi connectivity index (χ3n) is 2.19. The van der Waals surface area contributed by atoms with E-state index in [0.29, 0.717) is 16.4 Å². The fourth-order valence-corrected chi connectivity index (χ4v) is 1.61. The first-order chi connectivity index (χ1) is 8.08. The molecule has 1 amide bonds. The third kappa shape index (κ3) is 2.39. The zero-order valence-corrected chi connectivity index (χ0v) is 9.90. The SMILES string of the molecule is Cn1cc(N)c(C(=O)Nc2ccccc2Cl)n1. The van der Waals surface area contributed by atoms with Crippen LogP contribution in [-0.4, -0.2) is 15.7 Å². The topological polar surface area (TPSA) is 72.9 Å². The molecule has 2 rings (SSSR count). The van der Waals surface area contributed by atoms with Crippen LogP contribution in [0.3, 0.4) is 0 Å². The van der Waals surface area contributed by atoms with Gasteiger partial charge in [-0.2, -0.15) is 5.10 Å².